The minimum absolute atomic E-state index is 0.0277. The summed E-state index contributed by atoms with van der Waals surface area (Å²) in [5.41, 5.74) is 8.61. The van der Waals surface area contributed by atoms with E-state index in [4.69, 9.17) is 4.99 Å². The van der Waals surface area contributed by atoms with Crippen molar-refractivity contribution in [3.05, 3.63) is 126 Å². The van der Waals surface area contributed by atoms with Crippen molar-refractivity contribution in [1.82, 2.24) is 20.7 Å². The van der Waals surface area contributed by atoms with Gasteiger partial charge in [-0.05, 0) is 23.3 Å². The topological polar surface area (TPSA) is 60.0 Å². The number of nitrogens with zero attached hydrogens (tertiary/aromatic N) is 3. The number of fused-ring (bicyclic) bond motifs is 1. The maximum atomic E-state index is 13.1. The molecule has 3 heterocycles. The number of aliphatic imine (C=N–C) groups is 1. The fourth-order valence-corrected chi connectivity index (χ4v) is 4.73. The van der Waals surface area contributed by atoms with E-state index in [1.807, 2.05) is 53.5 Å². The maximum absolute atomic E-state index is 13.1. The van der Waals surface area contributed by atoms with Crippen LogP contribution in [0.5, 0.6) is 0 Å². The monoisotopic (exact) mass is 461 g/mol. The van der Waals surface area contributed by atoms with Crippen LogP contribution in [0.25, 0.3) is 5.70 Å². The molecule has 3 aliphatic rings. The molecule has 3 aromatic rings. The number of rotatable bonds is 6. The Hall–Kier alpha value is -4.00. The summed E-state index contributed by atoms with van der Waals surface area (Å²) >= 11 is 0. The van der Waals surface area contributed by atoms with Crippen molar-refractivity contribution in [3.8, 4) is 0 Å². The predicted molar refractivity (Wildman–Crippen MR) is 138 cm³/mol. The first-order valence-electron chi connectivity index (χ1n) is 12.0. The molecule has 2 N–H and O–H groups in total. The van der Waals surface area contributed by atoms with Gasteiger partial charge in [-0.1, -0.05) is 91.0 Å². The lowest BCUT2D eigenvalue weighted by molar-refractivity contribution is -0.124. The summed E-state index contributed by atoms with van der Waals surface area (Å²) < 4.78 is 0. The Bertz CT molecular complexity index is 1290. The highest BCUT2D eigenvalue weighted by molar-refractivity contribution is 6.13. The van der Waals surface area contributed by atoms with Gasteiger partial charge < -0.3 is 5.32 Å². The molecule has 174 valence electrons. The van der Waals surface area contributed by atoms with E-state index >= 15 is 0 Å². The highest BCUT2D eigenvalue weighted by Gasteiger charge is 2.35. The summed E-state index contributed by atoms with van der Waals surface area (Å²) in [6.07, 6.45) is 3.98. The van der Waals surface area contributed by atoms with Gasteiger partial charge in [0.05, 0.1) is 17.5 Å². The summed E-state index contributed by atoms with van der Waals surface area (Å²) in [6.45, 7) is 2.63. The molecule has 0 aromatic heterocycles. The van der Waals surface area contributed by atoms with Crippen molar-refractivity contribution in [1.29, 1.82) is 0 Å². The molecule has 35 heavy (non-hydrogen) atoms. The standard InChI is InChI=1S/C29H27N5O/c35-29(30-24-19-33(20-24)18-21-10-4-1-5-11-21)26-17-28-31-25(22-12-6-2-7-13-22)16-27(34(28)32-26)23-14-8-3-9-15-23/h1-17,24,26,32H,18-20H2,(H,30,35). The van der Waals surface area contributed by atoms with E-state index < -0.39 is 6.04 Å². The molecule has 1 saturated heterocycles. The largest absolute Gasteiger partial charge is 0.349 e. The molecule has 3 aliphatic heterocycles. The van der Waals surface area contributed by atoms with Crippen LogP contribution < -0.4 is 10.7 Å². The van der Waals surface area contributed by atoms with Gasteiger partial charge in [0.1, 0.15) is 11.9 Å². The summed E-state index contributed by atoms with van der Waals surface area (Å²) in [7, 11) is 0. The number of hydrazine groups is 1. The van der Waals surface area contributed by atoms with Crippen LogP contribution in [0.1, 0.15) is 16.7 Å². The van der Waals surface area contributed by atoms with Gasteiger partial charge in [-0.25, -0.2) is 10.4 Å². The van der Waals surface area contributed by atoms with Crippen molar-refractivity contribution in [2.75, 3.05) is 13.1 Å². The van der Waals surface area contributed by atoms with Crippen LogP contribution in [0.3, 0.4) is 0 Å². The molecule has 1 fully saturated rings. The minimum atomic E-state index is -0.473. The number of allylic oxidation sites excluding steroid dienone is 1. The summed E-state index contributed by atoms with van der Waals surface area (Å²) in [5, 5.41) is 5.12. The van der Waals surface area contributed by atoms with E-state index in [9.17, 15) is 4.79 Å². The second-order valence-electron chi connectivity index (χ2n) is 9.11. The first-order valence-corrected chi connectivity index (χ1v) is 12.0. The van der Waals surface area contributed by atoms with Crippen molar-refractivity contribution >= 4 is 17.3 Å². The van der Waals surface area contributed by atoms with Crippen LogP contribution in [-0.2, 0) is 11.3 Å². The van der Waals surface area contributed by atoms with Gasteiger partial charge in [0, 0.05) is 25.2 Å². The van der Waals surface area contributed by atoms with Crippen molar-refractivity contribution < 1.29 is 4.79 Å². The van der Waals surface area contributed by atoms with Gasteiger partial charge in [0.2, 0.25) is 5.91 Å². The first-order chi connectivity index (χ1) is 17.2. The van der Waals surface area contributed by atoms with Crippen molar-refractivity contribution in [2.45, 2.75) is 18.6 Å². The summed E-state index contributed by atoms with van der Waals surface area (Å²) in [6, 6.07) is 30.4. The van der Waals surface area contributed by atoms with Gasteiger partial charge in [0.15, 0.2) is 0 Å². The lowest BCUT2D eigenvalue weighted by Crippen LogP contribution is -2.61. The smallest absolute Gasteiger partial charge is 0.243 e. The molecule has 0 bridgehead atoms. The number of hydrogen-bond donors (Lipinski definition) is 2. The van der Waals surface area contributed by atoms with E-state index in [-0.39, 0.29) is 11.9 Å². The van der Waals surface area contributed by atoms with Gasteiger partial charge in [-0.3, -0.25) is 14.7 Å². The third kappa shape index (κ3) is 4.54. The highest BCUT2D eigenvalue weighted by Crippen LogP contribution is 2.31. The van der Waals surface area contributed by atoms with Crippen LogP contribution in [0, 0.1) is 0 Å². The average Bonchev–Trinajstić information content (AvgIpc) is 3.33. The molecule has 6 heteroatoms. The van der Waals surface area contributed by atoms with E-state index in [1.54, 1.807) is 0 Å². The molecule has 1 unspecified atom stereocenters. The Balaban J connectivity index is 1.16. The van der Waals surface area contributed by atoms with Crippen LogP contribution in [0.15, 0.2) is 114 Å². The number of nitrogens with one attached hydrogen (secondary N) is 2. The van der Waals surface area contributed by atoms with Crippen LogP contribution in [-0.4, -0.2) is 46.7 Å². The molecule has 3 aromatic carbocycles. The molecule has 0 radical (unpaired) electrons. The van der Waals surface area contributed by atoms with E-state index in [0.29, 0.717) is 0 Å². The summed E-state index contributed by atoms with van der Waals surface area (Å²) in [5.74, 6) is 0.713. The Morgan fingerprint density at radius 1 is 0.886 bits per heavy atom. The number of hydrogen-bond acceptors (Lipinski definition) is 5. The van der Waals surface area contributed by atoms with Crippen molar-refractivity contribution in [2.24, 2.45) is 4.99 Å². The number of likely N-dealkylation sites (tertiary alicyclic amines) is 1. The molecule has 6 nitrogen and oxygen atoms in total. The molecule has 6 rings (SSSR count). The van der Waals surface area contributed by atoms with Crippen molar-refractivity contribution in [3.63, 3.8) is 0 Å². The fraction of sp³-hybridized carbons (Fsp3) is 0.172. The molecular formula is C29H27N5O. The lowest BCUT2D eigenvalue weighted by atomic mass is 10.0. The van der Waals surface area contributed by atoms with E-state index in [1.165, 1.54) is 5.56 Å². The number of amides is 1. The Morgan fingerprint density at radius 2 is 1.51 bits per heavy atom. The SMILES string of the molecule is O=C(NC1CN(Cc2ccccc2)C1)C1C=C2N=C(c3ccccc3)C=C(c3ccccc3)N2N1. The van der Waals surface area contributed by atoms with Gasteiger partial charge in [-0.2, -0.15) is 0 Å². The van der Waals surface area contributed by atoms with Crippen LogP contribution in [0.4, 0.5) is 0 Å². The molecule has 0 saturated carbocycles. The molecular weight excluding hydrogens is 434 g/mol. The third-order valence-electron chi connectivity index (χ3n) is 6.54. The third-order valence-corrected chi connectivity index (χ3v) is 6.54. The summed E-state index contributed by atoms with van der Waals surface area (Å²) in [4.78, 5) is 20.3. The molecule has 1 amide bonds. The molecule has 0 spiro atoms. The lowest BCUT2D eigenvalue weighted by Gasteiger charge is -2.40. The zero-order chi connectivity index (χ0) is 23.6. The Kier molecular flexibility index (Phi) is 5.74. The van der Waals surface area contributed by atoms with Gasteiger partial charge >= 0.3 is 0 Å². The zero-order valence-corrected chi connectivity index (χ0v) is 19.3. The Morgan fingerprint density at radius 3 is 2.20 bits per heavy atom. The molecule has 1 atom stereocenters. The predicted octanol–water partition coefficient (Wildman–Crippen LogP) is 3.56. The van der Waals surface area contributed by atoms with Gasteiger partial charge in [-0.15, -0.1) is 0 Å². The number of carbonyl (C=O) groups excluding carboxylic acids is 1. The second-order valence-corrected chi connectivity index (χ2v) is 9.11. The number of benzene rings is 3. The minimum Gasteiger partial charge on any atom is -0.349 e. The first kappa shape index (κ1) is 21.5. The van der Waals surface area contributed by atoms with Crippen LogP contribution >= 0.6 is 0 Å². The average molecular weight is 462 g/mol. The van der Waals surface area contributed by atoms with Crippen LogP contribution in [0.2, 0.25) is 0 Å². The normalized spacial score (nSPS) is 19.8. The highest BCUT2D eigenvalue weighted by atomic mass is 16.2. The zero-order valence-electron chi connectivity index (χ0n) is 19.3. The van der Waals surface area contributed by atoms with E-state index in [2.05, 4.69) is 70.2 Å². The van der Waals surface area contributed by atoms with Gasteiger partial charge in [0.25, 0.3) is 0 Å². The second kappa shape index (κ2) is 9.33. The van der Waals surface area contributed by atoms with E-state index in [0.717, 1.165) is 48.0 Å². The quantitative estimate of drug-likeness (QED) is 0.589. The Labute approximate surface area is 205 Å². The fourth-order valence-electron chi connectivity index (χ4n) is 4.73. The number of carbonyl (C=O) groups is 1. The maximum Gasteiger partial charge on any atom is 0.243 e. The molecule has 0 aliphatic carbocycles.